The molecule has 1 heterocycles. The van der Waals surface area contributed by atoms with Crippen molar-refractivity contribution >= 4 is 38.9 Å². The lowest BCUT2D eigenvalue weighted by Crippen LogP contribution is -2.23. The molecule has 0 saturated carbocycles. The van der Waals surface area contributed by atoms with Crippen LogP contribution in [0.1, 0.15) is 80.8 Å². The van der Waals surface area contributed by atoms with Crippen LogP contribution in [0.2, 0.25) is 5.02 Å². The summed E-state index contributed by atoms with van der Waals surface area (Å²) >= 11 is 7.82. The number of rotatable bonds is 12. The molecule has 2 rings (SSSR count). The van der Waals surface area contributed by atoms with Crippen LogP contribution in [-0.2, 0) is 0 Å². The first-order chi connectivity index (χ1) is 12.2. The number of carbonyl (C=O) groups excluding carboxylic acids is 1. The Morgan fingerprint density at radius 2 is 1.56 bits per heavy atom. The molecule has 0 unspecified atom stereocenters. The van der Waals surface area contributed by atoms with Crippen molar-refractivity contribution in [2.75, 3.05) is 6.54 Å². The highest BCUT2D eigenvalue weighted by Crippen LogP contribution is 2.34. The highest BCUT2D eigenvalue weighted by Gasteiger charge is 2.16. The number of hydrogen-bond acceptors (Lipinski definition) is 2. The normalized spacial score (nSPS) is 11.1. The molecule has 0 radical (unpaired) electrons. The summed E-state index contributed by atoms with van der Waals surface area (Å²) < 4.78 is 1.07. The predicted octanol–water partition coefficient (Wildman–Crippen LogP) is 7.21. The highest BCUT2D eigenvalue weighted by atomic mass is 35.5. The van der Waals surface area contributed by atoms with Gasteiger partial charge < -0.3 is 5.32 Å². The third-order valence-electron chi connectivity index (χ3n) is 4.56. The van der Waals surface area contributed by atoms with Gasteiger partial charge in [0.25, 0.3) is 5.91 Å². The molecule has 0 bridgehead atoms. The van der Waals surface area contributed by atoms with E-state index in [2.05, 4.69) is 12.2 Å². The average Bonchev–Trinajstić information content (AvgIpc) is 2.97. The first-order valence-electron chi connectivity index (χ1n) is 9.69. The lowest BCUT2D eigenvalue weighted by atomic mass is 10.1. The van der Waals surface area contributed by atoms with Crippen molar-refractivity contribution in [1.82, 2.24) is 5.32 Å². The Morgan fingerprint density at radius 3 is 2.20 bits per heavy atom. The molecule has 4 heteroatoms. The van der Waals surface area contributed by atoms with E-state index in [-0.39, 0.29) is 5.91 Å². The van der Waals surface area contributed by atoms with E-state index in [1.165, 1.54) is 69.1 Å². The van der Waals surface area contributed by atoms with Crippen LogP contribution in [0, 0.1) is 0 Å². The number of carbonyl (C=O) groups is 1. The van der Waals surface area contributed by atoms with Crippen LogP contribution in [-0.4, -0.2) is 12.5 Å². The Bertz CT molecular complexity index is 652. The Labute approximate surface area is 161 Å². The summed E-state index contributed by atoms with van der Waals surface area (Å²) in [5, 5.41) is 4.57. The molecule has 138 valence electrons. The second-order valence-electron chi connectivity index (χ2n) is 6.68. The first kappa shape index (κ1) is 20.3. The van der Waals surface area contributed by atoms with Crippen LogP contribution in [0.15, 0.2) is 24.3 Å². The van der Waals surface area contributed by atoms with Crippen molar-refractivity contribution < 1.29 is 4.79 Å². The lowest BCUT2D eigenvalue weighted by Gasteiger charge is -2.05. The topological polar surface area (TPSA) is 29.1 Å². The van der Waals surface area contributed by atoms with Gasteiger partial charge in [-0.2, -0.15) is 0 Å². The number of unbranched alkanes of at least 4 members (excludes halogenated alkanes) is 9. The van der Waals surface area contributed by atoms with Gasteiger partial charge in [-0.05, 0) is 12.5 Å². The van der Waals surface area contributed by atoms with Gasteiger partial charge in [-0.15, -0.1) is 11.3 Å². The molecular formula is C21H30ClNOS. The second-order valence-corrected chi connectivity index (χ2v) is 8.11. The molecule has 0 fully saturated rings. The summed E-state index contributed by atoms with van der Waals surface area (Å²) in [5.74, 6) is -0.0397. The molecule has 1 aromatic carbocycles. The zero-order valence-electron chi connectivity index (χ0n) is 15.3. The molecule has 0 atom stereocenters. The van der Waals surface area contributed by atoms with Crippen LogP contribution >= 0.6 is 22.9 Å². The minimum Gasteiger partial charge on any atom is -0.351 e. The van der Waals surface area contributed by atoms with E-state index in [4.69, 9.17) is 11.6 Å². The number of benzene rings is 1. The van der Waals surface area contributed by atoms with Crippen molar-refractivity contribution in [3.63, 3.8) is 0 Å². The maximum absolute atomic E-state index is 12.3. The van der Waals surface area contributed by atoms with Gasteiger partial charge in [-0.3, -0.25) is 4.79 Å². The Balaban J connectivity index is 1.57. The number of amides is 1. The van der Waals surface area contributed by atoms with Crippen LogP contribution in [0.25, 0.3) is 10.1 Å². The van der Waals surface area contributed by atoms with E-state index in [0.29, 0.717) is 9.90 Å². The summed E-state index contributed by atoms with van der Waals surface area (Å²) in [7, 11) is 0. The highest BCUT2D eigenvalue weighted by molar-refractivity contribution is 7.21. The van der Waals surface area contributed by atoms with Crippen LogP contribution in [0.4, 0.5) is 0 Å². The fourth-order valence-electron chi connectivity index (χ4n) is 3.05. The molecule has 0 spiro atoms. The second kappa shape index (κ2) is 11.5. The van der Waals surface area contributed by atoms with Crippen molar-refractivity contribution in [3.05, 3.63) is 34.2 Å². The quantitative estimate of drug-likeness (QED) is 0.388. The fraction of sp³-hybridized carbons (Fsp3) is 0.571. The third-order valence-corrected chi connectivity index (χ3v) is 6.23. The van der Waals surface area contributed by atoms with Gasteiger partial charge in [0, 0.05) is 16.6 Å². The monoisotopic (exact) mass is 379 g/mol. The molecule has 0 aliphatic heterocycles. The van der Waals surface area contributed by atoms with Crippen LogP contribution in [0.3, 0.4) is 0 Å². The average molecular weight is 380 g/mol. The number of thiophene rings is 1. The van der Waals surface area contributed by atoms with Gasteiger partial charge in [-0.1, -0.05) is 94.5 Å². The number of fused-ring (bicyclic) bond motifs is 1. The molecule has 0 aliphatic carbocycles. The minimum atomic E-state index is -0.0397. The third kappa shape index (κ3) is 6.63. The zero-order valence-corrected chi connectivity index (χ0v) is 16.9. The van der Waals surface area contributed by atoms with Crippen molar-refractivity contribution in [2.45, 2.75) is 71.1 Å². The van der Waals surface area contributed by atoms with E-state index < -0.39 is 0 Å². The van der Waals surface area contributed by atoms with E-state index >= 15 is 0 Å². The van der Waals surface area contributed by atoms with E-state index in [1.807, 2.05) is 24.3 Å². The van der Waals surface area contributed by atoms with E-state index in [0.717, 1.165) is 23.1 Å². The van der Waals surface area contributed by atoms with Gasteiger partial charge in [-0.25, -0.2) is 0 Å². The summed E-state index contributed by atoms with van der Waals surface area (Å²) in [6.45, 7) is 2.99. The van der Waals surface area contributed by atoms with Gasteiger partial charge in [0.2, 0.25) is 0 Å². The summed E-state index contributed by atoms with van der Waals surface area (Å²) in [6.07, 6.45) is 13.0. The maximum Gasteiger partial charge on any atom is 0.262 e. The molecule has 25 heavy (non-hydrogen) atoms. The first-order valence-corrected chi connectivity index (χ1v) is 10.9. The van der Waals surface area contributed by atoms with E-state index in [1.54, 1.807) is 0 Å². The van der Waals surface area contributed by atoms with Gasteiger partial charge >= 0.3 is 0 Å². The molecule has 2 aromatic rings. The molecule has 1 aromatic heterocycles. The SMILES string of the molecule is CCCCCCCCCCCCNC(=O)c1sc2ccccc2c1Cl. The largest absolute Gasteiger partial charge is 0.351 e. The summed E-state index contributed by atoms with van der Waals surface area (Å²) in [5.41, 5.74) is 0. The Kier molecular flexibility index (Phi) is 9.35. The Hall–Kier alpha value is -1.06. The van der Waals surface area contributed by atoms with Gasteiger partial charge in [0.15, 0.2) is 0 Å². The van der Waals surface area contributed by atoms with Gasteiger partial charge in [0.05, 0.1) is 5.02 Å². The minimum absolute atomic E-state index is 0.0397. The van der Waals surface area contributed by atoms with E-state index in [9.17, 15) is 4.79 Å². The number of hydrogen-bond donors (Lipinski definition) is 1. The molecule has 0 aliphatic rings. The molecular weight excluding hydrogens is 350 g/mol. The summed E-state index contributed by atoms with van der Waals surface area (Å²) in [4.78, 5) is 12.9. The molecule has 1 amide bonds. The van der Waals surface area contributed by atoms with Crippen LogP contribution in [0.5, 0.6) is 0 Å². The summed E-state index contributed by atoms with van der Waals surface area (Å²) in [6, 6.07) is 7.89. The van der Waals surface area contributed by atoms with Crippen molar-refractivity contribution in [2.24, 2.45) is 0 Å². The standard InChI is InChI=1S/C21H30ClNOS/c1-2-3-4-5-6-7-8-9-10-13-16-23-21(24)20-19(22)17-14-11-12-15-18(17)25-20/h11-12,14-15H,2-10,13,16H2,1H3,(H,23,24). The Morgan fingerprint density at radius 1 is 0.960 bits per heavy atom. The lowest BCUT2D eigenvalue weighted by molar-refractivity contribution is 0.0957. The van der Waals surface area contributed by atoms with Crippen molar-refractivity contribution in [3.8, 4) is 0 Å². The number of nitrogens with one attached hydrogen (secondary N) is 1. The molecule has 1 N–H and O–H groups in total. The van der Waals surface area contributed by atoms with Crippen LogP contribution < -0.4 is 5.32 Å². The zero-order chi connectivity index (χ0) is 17.9. The number of halogens is 1. The fourth-order valence-corrected chi connectivity index (χ4v) is 4.49. The smallest absolute Gasteiger partial charge is 0.262 e. The molecule has 0 saturated heterocycles. The predicted molar refractivity (Wildman–Crippen MR) is 111 cm³/mol. The van der Waals surface area contributed by atoms with Gasteiger partial charge in [0.1, 0.15) is 4.88 Å². The van der Waals surface area contributed by atoms with Crippen molar-refractivity contribution in [1.29, 1.82) is 0 Å². The maximum atomic E-state index is 12.3. The molecule has 2 nitrogen and oxygen atoms in total.